The molecule has 0 bridgehead atoms. The van der Waals surface area contributed by atoms with Crippen molar-refractivity contribution in [3.05, 3.63) is 35.5 Å². The molecule has 0 radical (unpaired) electrons. The monoisotopic (exact) mass is 184 g/mol. The first-order valence-corrected chi connectivity index (χ1v) is 4.70. The molecule has 0 aliphatic rings. The Kier molecular flexibility index (Phi) is 2.01. The van der Waals surface area contributed by atoms with Gasteiger partial charge in [0.1, 0.15) is 0 Å². The molecule has 0 aliphatic heterocycles. The molecule has 1 N–H and O–H groups in total. The second-order valence-corrected chi connectivity index (χ2v) is 3.59. The molecule has 2 heteroatoms. The summed E-state index contributed by atoms with van der Waals surface area (Å²) in [6.07, 6.45) is 1.98. The number of benzene rings is 1. The summed E-state index contributed by atoms with van der Waals surface area (Å²) in [5, 5.41) is 10.1. The third kappa shape index (κ3) is 1.18. The molecule has 14 heavy (non-hydrogen) atoms. The fourth-order valence-corrected chi connectivity index (χ4v) is 1.75. The molecule has 1 heterocycles. The van der Waals surface area contributed by atoms with Crippen LogP contribution in [0.4, 0.5) is 0 Å². The van der Waals surface area contributed by atoms with Crippen molar-refractivity contribution in [3.8, 4) is 6.07 Å². The number of H-pyrrole nitrogens is 1. The van der Waals surface area contributed by atoms with E-state index in [2.05, 4.69) is 24.0 Å². The maximum atomic E-state index is 8.89. The van der Waals surface area contributed by atoms with Gasteiger partial charge in [-0.05, 0) is 25.0 Å². The zero-order valence-electron chi connectivity index (χ0n) is 8.33. The Labute approximate surface area is 83.2 Å². The number of fused-ring (bicyclic) bond motifs is 1. The molecule has 2 rings (SSSR count). The Morgan fingerprint density at radius 1 is 1.43 bits per heavy atom. The predicted octanol–water partition coefficient (Wildman–Crippen LogP) is 3.10. The lowest BCUT2D eigenvalue weighted by molar-refractivity contribution is 0.990. The van der Waals surface area contributed by atoms with Crippen molar-refractivity contribution < 1.29 is 0 Å². The minimum atomic E-state index is -0.0586. The average Bonchev–Trinajstić information content (AvgIpc) is 2.59. The molecule has 0 saturated carbocycles. The van der Waals surface area contributed by atoms with Crippen molar-refractivity contribution >= 4 is 10.9 Å². The molecule has 2 aromatic rings. The summed E-state index contributed by atoms with van der Waals surface area (Å²) in [6, 6.07) is 8.35. The second-order valence-electron chi connectivity index (χ2n) is 3.59. The van der Waals surface area contributed by atoms with Gasteiger partial charge in [-0.3, -0.25) is 0 Å². The van der Waals surface area contributed by atoms with Crippen LogP contribution in [-0.2, 0) is 0 Å². The van der Waals surface area contributed by atoms with Crippen molar-refractivity contribution in [1.29, 1.82) is 5.26 Å². The highest BCUT2D eigenvalue weighted by molar-refractivity contribution is 5.86. The summed E-state index contributed by atoms with van der Waals surface area (Å²) in [6.45, 7) is 3.99. The van der Waals surface area contributed by atoms with Crippen LogP contribution in [0.2, 0.25) is 0 Å². The number of nitriles is 1. The SMILES string of the molecule is Cc1c[nH]c2c(C(C)C#N)cccc12. The van der Waals surface area contributed by atoms with Crippen LogP contribution in [0.15, 0.2) is 24.4 Å². The smallest absolute Gasteiger partial charge is 0.0705 e. The highest BCUT2D eigenvalue weighted by Gasteiger charge is 2.09. The number of hydrogen-bond donors (Lipinski definition) is 1. The molecule has 70 valence electrons. The van der Waals surface area contributed by atoms with Crippen molar-refractivity contribution in [1.82, 2.24) is 4.98 Å². The number of rotatable bonds is 1. The molecule has 0 aliphatic carbocycles. The van der Waals surface area contributed by atoms with Crippen LogP contribution >= 0.6 is 0 Å². The van der Waals surface area contributed by atoms with Gasteiger partial charge in [0.05, 0.1) is 17.5 Å². The Morgan fingerprint density at radius 3 is 2.93 bits per heavy atom. The first-order valence-electron chi connectivity index (χ1n) is 4.70. The zero-order chi connectivity index (χ0) is 10.1. The molecule has 1 aromatic carbocycles. The fraction of sp³-hybridized carbons (Fsp3) is 0.250. The van der Waals surface area contributed by atoms with Crippen molar-refractivity contribution in [2.24, 2.45) is 0 Å². The van der Waals surface area contributed by atoms with E-state index >= 15 is 0 Å². The summed E-state index contributed by atoms with van der Waals surface area (Å²) in [7, 11) is 0. The van der Waals surface area contributed by atoms with Crippen LogP contribution in [0.3, 0.4) is 0 Å². The number of para-hydroxylation sites is 1. The maximum Gasteiger partial charge on any atom is 0.0705 e. The summed E-state index contributed by atoms with van der Waals surface area (Å²) >= 11 is 0. The van der Waals surface area contributed by atoms with Gasteiger partial charge in [-0.15, -0.1) is 0 Å². The largest absolute Gasteiger partial charge is 0.361 e. The molecule has 0 saturated heterocycles. The molecular formula is C12H12N2. The molecule has 1 unspecified atom stereocenters. The van der Waals surface area contributed by atoms with Gasteiger partial charge in [-0.1, -0.05) is 18.2 Å². The van der Waals surface area contributed by atoms with Crippen LogP contribution in [0.5, 0.6) is 0 Å². The average molecular weight is 184 g/mol. The van der Waals surface area contributed by atoms with Gasteiger partial charge >= 0.3 is 0 Å². The second kappa shape index (κ2) is 3.19. The van der Waals surface area contributed by atoms with E-state index in [0.717, 1.165) is 11.1 Å². The van der Waals surface area contributed by atoms with Crippen LogP contribution in [0.25, 0.3) is 10.9 Å². The van der Waals surface area contributed by atoms with Gasteiger partial charge in [0.15, 0.2) is 0 Å². The minimum Gasteiger partial charge on any atom is -0.361 e. The van der Waals surface area contributed by atoms with Crippen molar-refractivity contribution in [3.63, 3.8) is 0 Å². The molecule has 2 nitrogen and oxygen atoms in total. The highest BCUT2D eigenvalue weighted by atomic mass is 14.7. The highest BCUT2D eigenvalue weighted by Crippen LogP contribution is 2.26. The molecule has 0 amide bonds. The minimum absolute atomic E-state index is 0.0586. The molecule has 0 fully saturated rings. The van der Waals surface area contributed by atoms with Crippen molar-refractivity contribution in [2.75, 3.05) is 0 Å². The zero-order valence-corrected chi connectivity index (χ0v) is 8.33. The third-order valence-electron chi connectivity index (χ3n) is 2.61. The first-order chi connectivity index (χ1) is 6.74. The lowest BCUT2D eigenvalue weighted by Crippen LogP contribution is -1.90. The van der Waals surface area contributed by atoms with E-state index in [1.807, 2.05) is 25.3 Å². The standard InChI is InChI=1S/C12H12N2/c1-8(6-13)10-4-3-5-11-9(2)7-14-12(10)11/h3-5,7-8,14H,1-2H3. The number of nitrogens with zero attached hydrogens (tertiary/aromatic N) is 1. The van der Waals surface area contributed by atoms with Gasteiger partial charge in [-0.2, -0.15) is 5.26 Å². The number of hydrogen-bond acceptors (Lipinski definition) is 1. The fourth-order valence-electron chi connectivity index (χ4n) is 1.75. The number of aryl methyl sites for hydroxylation is 1. The van der Waals surface area contributed by atoms with E-state index in [0.29, 0.717) is 0 Å². The van der Waals surface area contributed by atoms with Crippen LogP contribution in [0, 0.1) is 18.3 Å². The van der Waals surface area contributed by atoms with E-state index in [-0.39, 0.29) is 5.92 Å². The lowest BCUT2D eigenvalue weighted by atomic mass is 9.99. The Hall–Kier alpha value is -1.75. The van der Waals surface area contributed by atoms with Crippen LogP contribution in [0.1, 0.15) is 24.0 Å². The summed E-state index contributed by atoms with van der Waals surface area (Å²) < 4.78 is 0. The number of nitrogens with one attached hydrogen (secondary N) is 1. The van der Waals surface area contributed by atoms with Gasteiger partial charge in [0, 0.05) is 11.6 Å². The molecule has 1 atom stereocenters. The predicted molar refractivity (Wildman–Crippen MR) is 57.1 cm³/mol. The Bertz CT molecular complexity index is 503. The quantitative estimate of drug-likeness (QED) is 0.726. The van der Waals surface area contributed by atoms with E-state index < -0.39 is 0 Å². The third-order valence-corrected chi connectivity index (χ3v) is 2.61. The lowest BCUT2D eigenvalue weighted by Gasteiger charge is -2.04. The van der Waals surface area contributed by atoms with Gasteiger partial charge in [0.25, 0.3) is 0 Å². The van der Waals surface area contributed by atoms with E-state index in [4.69, 9.17) is 5.26 Å². The number of aromatic nitrogens is 1. The molecular weight excluding hydrogens is 172 g/mol. The van der Waals surface area contributed by atoms with E-state index in [9.17, 15) is 0 Å². The van der Waals surface area contributed by atoms with E-state index in [1.165, 1.54) is 10.9 Å². The molecule has 0 spiro atoms. The normalized spacial score (nSPS) is 12.6. The topological polar surface area (TPSA) is 39.6 Å². The van der Waals surface area contributed by atoms with Gasteiger partial charge in [-0.25, -0.2) is 0 Å². The Morgan fingerprint density at radius 2 is 2.21 bits per heavy atom. The summed E-state index contributed by atoms with van der Waals surface area (Å²) in [4.78, 5) is 3.22. The van der Waals surface area contributed by atoms with Crippen LogP contribution < -0.4 is 0 Å². The van der Waals surface area contributed by atoms with Gasteiger partial charge in [0.2, 0.25) is 0 Å². The molecule has 1 aromatic heterocycles. The van der Waals surface area contributed by atoms with Crippen molar-refractivity contribution in [2.45, 2.75) is 19.8 Å². The van der Waals surface area contributed by atoms with Gasteiger partial charge < -0.3 is 4.98 Å². The summed E-state index contributed by atoms with van der Waals surface area (Å²) in [5.74, 6) is -0.0586. The summed E-state index contributed by atoms with van der Waals surface area (Å²) in [5.41, 5.74) is 3.41. The van der Waals surface area contributed by atoms with E-state index in [1.54, 1.807) is 0 Å². The first kappa shape index (κ1) is 8.83. The number of aromatic amines is 1. The Balaban J connectivity index is 2.73. The maximum absolute atomic E-state index is 8.89. The van der Waals surface area contributed by atoms with Crippen LogP contribution in [-0.4, -0.2) is 4.98 Å².